The van der Waals surface area contributed by atoms with E-state index in [-0.39, 0.29) is 0 Å². The molecule has 6 nitrogen and oxygen atoms in total. The van der Waals surface area contributed by atoms with Gasteiger partial charge in [0, 0.05) is 0 Å². The van der Waals surface area contributed by atoms with Crippen LogP contribution < -0.4 is 0 Å². The Labute approximate surface area is 131 Å². The lowest BCUT2D eigenvalue weighted by atomic mass is 9.82. The van der Waals surface area contributed by atoms with Gasteiger partial charge in [-0.1, -0.05) is 19.9 Å². The van der Waals surface area contributed by atoms with Crippen LogP contribution in [-0.2, 0) is 9.47 Å². The highest BCUT2D eigenvalue weighted by Crippen LogP contribution is 2.30. The summed E-state index contributed by atoms with van der Waals surface area (Å²) in [6.45, 7) is 4.35. The molecule has 4 N–H and O–H groups in total. The van der Waals surface area contributed by atoms with Gasteiger partial charge in [0.15, 0.2) is 6.29 Å². The molecule has 0 saturated carbocycles. The SMILES string of the molecule is CC(C)[C@@H]1CC=C(CO[C@H]2O[C@H](CO)[C@@H](O)[C@H](O)[C@H]2O)CC1. The van der Waals surface area contributed by atoms with Crippen molar-refractivity contribution >= 4 is 0 Å². The van der Waals surface area contributed by atoms with Gasteiger partial charge in [-0.15, -0.1) is 0 Å². The number of hydrogen-bond acceptors (Lipinski definition) is 6. The van der Waals surface area contributed by atoms with Gasteiger partial charge >= 0.3 is 0 Å². The highest BCUT2D eigenvalue weighted by atomic mass is 16.7. The Bertz CT molecular complexity index is 381. The number of ether oxygens (including phenoxy) is 2. The predicted octanol–water partition coefficient (Wildman–Crippen LogP) is 0.185. The Morgan fingerprint density at radius 3 is 2.50 bits per heavy atom. The molecule has 1 saturated heterocycles. The number of aliphatic hydroxyl groups excluding tert-OH is 4. The van der Waals surface area contributed by atoms with E-state index in [0.717, 1.165) is 24.8 Å². The highest BCUT2D eigenvalue weighted by Gasteiger charge is 2.44. The normalized spacial score (nSPS) is 39.9. The second-order valence-electron chi connectivity index (χ2n) is 6.65. The smallest absolute Gasteiger partial charge is 0.187 e. The van der Waals surface area contributed by atoms with E-state index in [1.54, 1.807) is 0 Å². The molecule has 0 radical (unpaired) electrons. The third-order valence-electron chi connectivity index (χ3n) is 4.77. The Morgan fingerprint density at radius 1 is 1.23 bits per heavy atom. The molecule has 2 aliphatic rings. The molecular formula is C16H28O6. The van der Waals surface area contributed by atoms with E-state index in [1.807, 2.05) is 0 Å². The van der Waals surface area contributed by atoms with Gasteiger partial charge in [-0.05, 0) is 36.7 Å². The summed E-state index contributed by atoms with van der Waals surface area (Å²) in [6.07, 6.45) is -0.730. The van der Waals surface area contributed by atoms with Crippen molar-refractivity contribution in [1.29, 1.82) is 0 Å². The van der Waals surface area contributed by atoms with Crippen molar-refractivity contribution in [2.24, 2.45) is 11.8 Å². The minimum absolute atomic E-state index is 0.327. The zero-order valence-electron chi connectivity index (χ0n) is 13.3. The lowest BCUT2D eigenvalue weighted by Gasteiger charge is -2.39. The van der Waals surface area contributed by atoms with Crippen LogP contribution in [0.2, 0.25) is 0 Å². The Kier molecular flexibility index (Phi) is 6.37. The molecule has 0 aromatic heterocycles. The Hall–Kier alpha value is -0.500. The van der Waals surface area contributed by atoms with Gasteiger partial charge in [0.1, 0.15) is 24.4 Å². The molecule has 0 unspecified atom stereocenters. The predicted molar refractivity (Wildman–Crippen MR) is 80.0 cm³/mol. The summed E-state index contributed by atoms with van der Waals surface area (Å²) in [6, 6.07) is 0. The molecule has 22 heavy (non-hydrogen) atoms. The first-order chi connectivity index (χ1) is 10.4. The molecular weight excluding hydrogens is 288 g/mol. The highest BCUT2D eigenvalue weighted by molar-refractivity contribution is 5.07. The summed E-state index contributed by atoms with van der Waals surface area (Å²) >= 11 is 0. The fourth-order valence-corrected chi connectivity index (χ4v) is 3.04. The first-order valence-corrected chi connectivity index (χ1v) is 8.04. The monoisotopic (exact) mass is 316 g/mol. The van der Waals surface area contributed by atoms with E-state index < -0.39 is 37.3 Å². The summed E-state index contributed by atoms with van der Waals surface area (Å²) < 4.78 is 10.9. The standard InChI is InChI=1S/C16H28O6/c1-9(2)11-5-3-10(4-6-11)8-21-16-15(20)14(19)13(18)12(7-17)22-16/h3,9,11-20H,4-8H2,1-2H3/t11-,12-,13-,14+,15-,16+/m1/s1. The van der Waals surface area contributed by atoms with Gasteiger partial charge < -0.3 is 29.9 Å². The summed E-state index contributed by atoms with van der Waals surface area (Å²) in [7, 11) is 0. The molecule has 1 fully saturated rings. The topological polar surface area (TPSA) is 99.4 Å². The van der Waals surface area contributed by atoms with Crippen LogP contribution >= 0.6 is 0 Å². The van der Waals surface area contributed by atoms with Crippen LogP contribution in [-0.4, -0.2) is 64.3 Å². The van der Waals surface area contributed by atoms with E-state index in [0.29, 0.717) is 18.4 Å². The van der Waals surface area contributed by atoms with Crippen molar-refractivity contribution < 1.29 is 29.9 Å². The van der Waals surface area contributed by atoms with E-state index in [2.05, 4.69) is 19.9 Å². The number of rotatable bonds is 5. The van der Waals surface area contributed by atoms with Gasteiger partial charge in [-0.2, -0.15) is 0 Å². The minimum atomic E-state index is -1.39. The van der Waals surface area contributed by atoms with Crippen LogP contribution in [0.25, 0.3) is 0 Å². The van der Waals surface area contributed by atoms with Gasteiger partial charge in [0.05, 0.1) is 13.2 Å². The molecule has 0 aromatic rings. The van der Waals surface area contributed by atoms with E-state index in [1.165, 1.54) is 0 Å². The van der Waals surface area contributed by atoms with Crippen molar-refractivity contribution in [2.75, 3.05) is 13.2 Å². The summed E-state index contributed by atoms with van der Waals surface area (Å²) in [5.74, 6) is 1.38. The third-order valence-corrected chi connectivity index (χ3v) is 4.77. The zero-order chi connectivity index (χ0) is 16.3. The maximum absolute atomic E-state index is 9.90. The van der Waals surface area contributed by atoms with Gasteiger partial charge in [-0.3, -0.25) is 0 Å². The zero-order valence-corrected chi connectivity index (χ0v) is 13.3. The average molecular weight is 316 g/mol. The maximum Gasteiger partial charge on any atom is 0.187 e. The van der Waals surface area contributed by atoms with Crippen molar-refractivity contribution in [3.63, 3.8) is 0 Å². The van der Waals surface area contributed by atoms with Crippen LogP contribution in [0.1, 0.15) is 33.1 Å². The Morgan fingerprint density at radius 2 is 1.95 bits per heavy atom. The van der Waals surface area contributed by atoms with Crippen LogP contribution in [0.3, 0.4) is 0 Å². The van der Waals surface area contributed by atoms with E-state index in [9.17, 15) is 15.3 Å². The lowest BCUT2D eigenvalue weighted by Crippen LogP contribution is -2.59. The van der Waals surface area contributed by atoms with Gasteiger partial charge in [0.2, 0.25) is 0 Å². The fraction of sp³-hybridized carbons (Fsp3) is 0.875. The van der Waals surface area contributed by atoms with E-state index in [4.69, 9.17) is 14.6 Å². The largest absolute Gasteiger partial charge is 0.394 e. The number of aliphatic hydroxyl groups is 4. The average Bonchev–Trinajstić information content (AvgIpc) is 2.52. The van der Waals surface area contributed by atoms with Crippen LogP contribution in [0.4, 0.5) is 0 Å². The molecule has 1 heterocycles. The molecule has 6 atom stereocenters. The number of hydrogen-bond donors (Lipinski definition) is 4. The fourth-order valence-electron chi connectivity index (χ4n) is 3.04. The lowest BCUT2D eigenvalue weighted by molar-refractivity contribution is -0.299. The third kappa shape index (κ3) is 4.07. The summed E-state index contributed by atoms with van der Waals surface area (Å²) in [4.78, 5) is 0. The van der Waals surface area contributed by atoms with Crippen molar-refractivity contribution in [3.8, 4) is 0 Å². The van der Waals surface area contributed by atoms with Crippen molar-refractivity contribution in [3.05, 3.63) is 11.6 Å². The van der Waals surface area contributed by atoms with Gasteiger partial charge in [0.25, 0.3) is 0 Å². The molecule has 1 aliphatic heterocycles. The van der Waals surface area contributed by atoms with Crippen molar-refractivity contribution in [2.45, 2.75) is 63.8 Å². The summed E-state index contributed by atoms with van der Waals surface area (Å²) in [5, 5.41) is 38.5. The second kappa shape index (κ2) is 7.86. The van der Waals surface area contributed by atoms with Crippen LogP contribution in [0, 0.1) is 11.8 Å². The van der Waals surface area contributed by atoms with Crippen LogP contribution in [0.15, 0.2) is 11.6 Å². The van der Waals surface area contributed by atoms with E-state index >= 15 is 0 Å². The molecule has 2 rings (SSSR count). The minimum Gasteiger partial charge on any atom is -0.394 e. The number of allylic oxidation sites excluding steroid dienone is 1. The van der Waals surface area contributed by atoms with Crippen molar-refractivity contribution in [1.82, 2.24) is 0 Å². The van der Waals surface area contributed by atoms with Gasteiger partial charge in [-0.25, -0.2) is 0 Å². The first kappa shape index (κ1) is 17.8. The first-order valence-electron chi connectivity index (χ1n) is 8.04. The molecule has 0 bridgehead atoms. The summed E-state index contributed by atoms with van der Waals surface area (Å²) in [5.41, 5.74) is 1.16. The molecule has 0 spiro atoms. The Balaban J connectivity index is 1.86. The molecule has 0 aromatic carbocycles. The maximum atomic E-state index is 9.90. The second-order valence-corrected chi connectivity index (χ2v) is 6.65. The quantitative estimate of drug-likeness (QED) is 0.540. The molecule has 128 valence electrons. The molecule has 0 amide bonds. The van der Waals surface area contributed by atoms with Crippen LogP contribution in [0.5, 0.6) is 0 Å². The molecule has 6 heteroatoms. The molecule has 1 aliphatic carbocycles.